The summed E-state index contributed by atoms with van der Waals surface area (Å²) in [6.45, 7) is 9.59. The van der Waals surface area contributed by atoms with Gasteiger partial charge in [-0.15, -0.1) is 0 Å². The number of carbonyl (C=O) groups is 4. The molecule has 97 heavy (non-hydrogen) atoms. The highest BCUT2D eigenvalue weighted by Gasteiger charge is 2.30. The highest BCUT2D eigenvalue weighted by Crippen LogP contribution is 2.45. The van der Waals surface area contributed by atoms with Crippen molar-refractivity contribution in [1.29, 1.82) is 0 Å². The van der Waals surface area contributed by atoms with Crippen LogP contribution in [0.4, 0.5) is 0 Å². The van der Waals surface area contributed by atoms with E-state index in [2.05, 4.69) is 41.5 Å². The molecule has 3 N–H and O–H groups in total. The lowest BCUT2D eigenvalue weighted by molar-refractivity contribution is -0.161. The van der Waals surface area contributed by atoms with Gasteiger partial charge in [0, 0.05) is 25.7 Å². The Balaban J connectivity index is 5.21. The molecule has 0 radical (unpaired) electrons. The fraction of sp³-hybridized carbons (Fsp3) is 0.949. The van der Waals surface area contributed by atoms with E-state index < -0.39 is 97.5 Å². The molecular formula is C78H152O17P2. The largest absolute Gasteiger partial charge is 0.472 e. The maximum atomic E-state index is 13.1. The van der Waals surface area contributed by atoms with Crippen molar-refractivity contribution in [1.82, 2.24) is 0 Å². The molecule has 0 aromatic rings. The van der Waals surface area contributed by atoms with Gasteiger partial charge in [-0.3, -0.25) is 37.3 Å². The van der Waals surface area contributed by atoms with E-state index in [0.29, 0.717) is 25.7 Å². The zero-order chi connectivity index (χ0) is 71.4. The first-order valence-corrected chi connectivity index (χ1v) is 43.5. The van der Waals surface area contributed by atoms with Gasteiger partial charge in [-0.2, -0.15) is 0 Å². The Morgan fingerprint density at radius 3 is 0.784 bits per heavy atom. The molecule has 0 aromatic heterocycles. The van der Waals surface area contributed by atoms with Crippen LogP contribution in [0.5, 0.6) is 0 Å². The summed E-state index contributed by atoms with van der Waals surface area (Å²) < 4.78 is 68.6. The summed E-state index contributed by atoms with van der Waals surface area (Å²) in [6, 6.07) is 0. The minimum absolute atomic E-state index is 0.105. The highest BCUT2D eigenvalue weighted by atomic mass is 31.2. The van der Waals surface area contributed by atoms with E-state index in [1.54, 1.807) is 0 Å². The van der Waals surface area contributed by atoms with Crippen LogP contribution >= 0.6 is 15.6 Å². The van der Waals surface area contributed by atoms with Crippen LogP contribution in [0, 0.1) is 11.8 Å². The highest BCUT2D eigenvalue weighted by molar-refractivity contribution is 7.47. The van der Waals surface area contributed by atoms with Crippen molar-refractivity contribution < 1.29 is 80.2 Å². The average molecular weight is 1420 g/mol. The van der Waals surface area contributed by atoms with Crippen molar-refractivity contribution >= 4 is 39.5 Å². The Hall–Kier alpha value is -1.94. The van der Waals surface area contributed by atoms with Crippen LogP contribution in [0.15, 0.2) is 0 Å². The van der Waals surface area contributed by atoms with Crippen molar-refractivity contribution in [2.75, 3.05) is 39.6 Å². The number of esters is 4. The summed E-state index contributed by atoms with van der Waals surface area (Å²) in [6.07, 6.45) is 58.3. The van der Waals surface area contributed by atoms with Crippen LogP contribution in [-0.2, 0) is 65.4 Å². The van der Waals surface area contributed by atoms with Gasteiger partial charge in [-0.1, -0.05) is 356 Å². The number of phosphoric acid groups is 2. The van der Waals surface area contributed by atoms with Crippen LogP contribution in [0.25, 0.3) is 0 Å². The smallest absolute Gasteiger partial charge is 0.462 e. The Morgan fingerprint density at radius 2 is 0.526 bits per heavy atom. The second-order valence-electron chi connectivity index (χ2n) is 28.8. The first kappa shape index (κ1) is 95.1. The molecule has 0 amide bonds. The fourth-order valence-electron chi connectivity index (χ4n) is 12.0. The van der Waals surface area contributed by atoms with Crippen LogP contribution in [0.3, 0.4) is 0 Å². The molecule has 0 saturated heterocycles. The van der Waals surface area contributed by atoms with E-state index in [4.69, 9.17) is 37.0 Å². The molecule has 0 fully saturated rings. The monoisotopic (exact) mass is 1420 g/mol. The van der Waals surface area contributed by atoms with E-state index >= 15 is 0 Å². The Bertz CT molecular complexity index is 1870. The Kier molecular flexibility index (Phi) is 68.4. The lowest BCUT2D eigenvalue weighted by Crippen LogP contribution is -2.30. The molecule has 0 saturated carbocycles. The molecule has 17 nitrogen and oxygen atoms in total. The van der Waals surface area contributed by atoms with Gasteiger partial charge in [0.25, 0.3) is 0 Å². The molecule has 0 spiro atoms. The van der Waals surface area contributed by atoms with Gasteiger partial charge in [0.15, 0.2) is 12.2 Å². The summed E-state index contributed by atoms with van der Waals surface area (Å²) >= 11 is 0. The average Bonchev–Trinajstić information content (AvgIpc) is 1.09. The number of carbonyl (C=O) groups excluding carboxylic acids is 4. The van der Waals surface area contributed by atoms with Crippen LogP contribution in [0.2, 0.25) is 0 Å². The number of rotatable bonds is 77. The van der Waals surface area contributed by atoms with E-state index in [1.165, 1.54) is 225 Å². The topological polar surface area (TPSA) is 237 Å². The Morgan fingerprint density at radius 1 is 0.299 bits per heavy atom. The van der Waals surface area contributed by atoms with E-state index in [1.807, 2.05) is 0 Å². The van der Waals surface area contributed by atoms with Gasteiger partial charge < -0.3 is 33.8 Å². The molecule has 0 rings (SSSR count). The zero-order valence-electron chi connectivity index (χ0n) is 63.4. The van der Waals surface area contributed by atoms with Gasteiger partial charge in [0.05, 0.1) is 26.4 Å². The number of unbranched alkanes of at least 4 members (excludes halogenated alkanes) is 46. The predicted molar refractivity (Wildman–Crippen MR) is 395 cm³/mol. The number of hydrogen-bond acceptors (Lipinski definition) is 15. The summed E-state index contributed by atoms with van der Waals surface area (Å²) in [4.78, 5) is 72.9. The van der Waals surface area contributed by atoms with E-state index in [0.717, 1.165) is 102 Å². The second-order valence-corrected chi connectivity index (χ2v) is 31.7. The van der Waals surface area contributed by atoms with Crippen LogP contribution in [0.1, 0.15) is 408 Å². The number of hydrogen-bond donors (Lipinski definition) is 3. The third-order valence-corrected chi connectivity index (χ3v) is 20.5. The number of ether oxygens (including phenoxy) is 4. The van der Waals surface area contributed by atoms with Crippen molar-refractivity contribution in [2.45, 2.75) is 426 Å². The number of aliphatic hydroxyl groups is 1. The molecule has 576 valence electrons. The Labute approximate surface area is 594 Å². The summed E-state index contributed by atoms with van der Waals surface area (Å²) in [5.74, 6) is -0.587. The third kappa shape index (κ3) is 70.9. The van der Waals surface area contributed by atoms with Crippen molar-refractivity contribution in [3.63, 3.8) is 0 Å². The maximum absolute atomic E-state index is 13.1. The molecular weight excluding hydrogens is 1270 g/mol. The van der Waals surface area contributed by atoms with Crippen molar-refractivity contribution in [3.05, 3.63) is 0 Å². The van der Waals surface area contributed by atoms with Gasteiger partial charge in [-0.05, 0) is 37.5 Å². The van der Waals surface area contributed by atoms with Gasteiger partial charge in [-0.25, -0.2) is 9.13 Å². The summed E-state index contributed by atoms with van der Waals surface area (Å²) in [5, 5.41) is 10.6. The molecule has 0 bridgehead atoms. The van der Waals surface area contributed by atoms with Gasteiger partial charge >= 0.3 is 39.5 Å². The van der Waals surface area contributed by atoms with Crippen molar-refractivity contribution in [3.8, 4) is 0 Å². The normalized spacial score (nSPS) is 14.2. The lowest BCUT2D eigenvalue weighted by atomic mass is 9.99. The first-order chi connectivity index (χ1) is 46.9. The quantitative estimate of drug-likeness (QED) is 0.0222. The number of aliphatic hydroxyl groups excluding tert-OH is 1. The standard InChI is InChI=1S/C78H152O17P2/c1-7-10-12-14-16-18-20-21-22-23-24-25-26-27-28-29-31-37-44-50-56-62-77(82)94-73(66-89-76(81)61-55-49-43-36-33-32-34-41-47-53-59-71(6)9-3)68-92-96(84,85)90-64-72(79)65-91-97(86,87)93-69-74(95-78(83)63-57-51-45-39-38-40-46-52-58-70(4)5)67-88-75(80)60-54-48-42-35-30-19-17-15-13-11-8-2/h70-74,79H,7-69H2,1-6H3,(H,84,85)(H,86,87)/t71?,72-,73-,74-/m1/s1. The van der Waals surface area contributed by atoms with Gasteiger partial charge in [0.1, 0.15) is 19.3 Å². The second kappa shape index (κ2) is 69.8. The molecule has 3 unspecified atom stereocenters. The zero-order valence-corrected chi connectivity index (χ0v) is 65.2. The molecule has 0 aliphatic heterocycles. The molecule has 0 aliphatic rings. The minimum atomic E-state index is -4.96. The SMILES string of the molecule is CCCCCCCCCCCCCCCCCCCCCCCC(=O)O[C@H](COC(=O)CCCCCCCCCCCCC(C)CC)COP(=O)(O)OC[C@@H](O)COP(=O)(O)OC[C@@H](COC(=O)CCCCCCCCCCCCC)OC(=O)CCCCCCCCCCC(C)C. The lowest BCUT2D eigenvalue weighted by Gasteiger charge is -2.21. The van der Waals surface area contributed by atoms with Crippen LogP contribution < -0.4 is 0 Å². The molecule has 0 aromatic carbocycles. The molecule has 6 atom stereocenters. The maximum Gasteiger partial charge on any atom is 0.472 e. The summed E-state index contributed by atoms with van der Waals surface area (Å²) in [5.41, 5.74) is 0. The van der Waals surface area contributed by atoms with E-state index in [-0.39, 0.29) is 25.7 Å². The molecule has 0 heterocycles. The van der Waals surface area contributed by atoms with Crippen molar-refractivity contribution in [2.24, 2.45) is 11.8 Å². The molecule has 19 heteroatoms. The summed E-state index contributed by atoms with van der Waals surface area (Å²) in [7, 11) is -9.91. The van der Waals surface area contributed by atoms with Gasteiger partial charge in [0.2, 0.25) is 0 Å². The number of phosphoric ester groups is 2. The van der Waals surface area contributed by atoms with Crippen LogP contribution in [-0.4, -0.2) is 96.7 Å². The first-order valence-electron chi connectivity index (χ1n) is 40.5. The minimum Gasteiger partial charge on any atom is -0.462 e. The fourth-order valence-corrected chi connectivity index (χ4v) is 13.6. The third-order valence-electron chi connectivity index (χ3n) is 18.6. The molecule has 0 aliphatic carbocycles. The predicted octanol–water partition coefficient (Wildman–Crippen LogP) is 23.1. The van der Waals surface area contributed by atoms with E-state index in [9.17, 15) is 43.2 Å².